The van der Waals surface area contributed by atoms with Gasteiger partial charge in [-0.25, -0.2) is 13.1 Å². The highest BCUT2D eigenvalue weighted by Gasteiger charge is 2.22. The lowest BCUT2D eigenvalue weighted by Gasteiger charge is -2.36. The first-order valence-electron chi connectivity index (χ1n) is 10.2. The maximum atomic E-state index is 12.5. The van der Waals surface area contributed by atoms with Crippen LogP contribution in [0.5, 0.6) is 5.75 Å². The lowest BCUT2D eigenvalue weighted by molar-refractivity contribution is -0.133. The standard InChI is InChI=1S/C22H29N3O4S/c1-3-18(2)23-30(27,28)21-11-9-20(10-12-21)29-17-22(26)25-15-13-24(14-16-25)19-7-5-4-6-8-19/h4-12,18,23H,3,13-17H2,1-2H3/t18-/m0/s1. The minimum absolute atomic E-state index is 0.0669. The Morgan fingerprint density at radius 1 is 1.03 bits per heavy atom. The topological polar surface area (TPSA) is 78.9 Å². The molecule has 0 radical (unpaired) electrons. The van der Waals surface area contributed by atoms with Gasteiger partial charge in [-0.15, -0.1) is 0 Å². The van der Waals surface area contributed by atoms with Gasteiger partial charge in [-0.05, 0) is 49.7 Å². The predicted molar refractivity (Wildman–Crippen MR) is 117 cm³/mol. The molecule has 1 saturated heterocycles. The fraction of sp³-hybridized carbons (Fsp3) is 0.409. The van der Waals surface area contributed by atoms with E-state index in [1.165, 1.54) is 17.8 Å². The zero-order chi connectivity index (χ0) is 21.6. The zero-order valence-electron chi connectivity index (χ0n) is 17.5. The maximum absolute atomic E-state index is 12.5. The summed E-state index contributed by atoms with van der Waals surface area (Å²) in [6, 6.07) is 16.2. The SMILES string of the molecule is CC[C@H](C)NS(=O)(=O)c1ccc(OCC(=O)N2CCN(c3ccccc3)CC2)cc1. The van der Waals surface area contributed by atoms with Gasteiger partial charge in [0, 0.05) is 37.9 Å². The van der Waals surface area contributed by atoms with Crippen molar-refractivity contribution in [3.63, 3.8) is 0 Å². The molecule has 2 aromatic carbocycles. The number of nitrogens with one attached hydrogen (secondary N) is 1. The lowest BCUT2D eigenvalue weighted by atomic mass is 10.2. The molecule has 1 amide bonds. The van der Waals surface area contributed by atoms with Gasteiger partial charge in [-0.3, -0.25) is 4.79 Å². The van der Waals surface area contributed by atoms with E-state index in [0.717, 1.165) is 13.1 Å². The molecule has 30 heavy (non-hydrogen) atoms. The number of nitrogens with zero attached hydrogens (tertiary/aromatic N) is 2. The second-order valence-electron chi connectivity index (χ2n) is 7.39. The van der Waals surface area contributed by atoms with Crippen molar-refractivity contribution in [2.75, 3.05) is 37.7 Å². The lowest BCUT2D eigenvalue weighted by Crippen LogP contribution is -2.50. The number of benzene rings is 2. The van der Waals surface area contributed by atoms with E-state index in [4.69, 9.17) is 4.74 Å². The minimum atomic E-state index is -3.55. The van der Waals surface area contributed by atoms with Crippen molar-refractivity contribution in [1.29, 1.82) is 0 Å². The zero-order valence-corrected chi connectivity index (χ0v) is 18.3. The summed E-state index contributed by atoms with van der Waals surface area (Å²) >= 11 is 0. The summed E-state index contributed by atoms with van der Waals surface area (Å²) in [4.78, 5) is 16.7. The molecule has 1 aliphatic heterocycles. The Labute approximate surface area is 178 Å². The van der Waals surface area contributed by atoms with Crippen molar-refractivity contribution in [2.24, 2.45) is 0 Å². The van der Waals surface area contributed by atoms with E-state index in [2.05, 4.69) is 21.8 Å². The van der Waals surface area contributed by atoms with Crippen LogP contribution in [0.15, 0.2) is 59.5 Å². The number of para-hydroxylation sites is 1. The van der Waals surface area contributed by atoms with E-state index in [-0.39, 0.29) is 23.5 Å². The Morgan fingerprint density at radius 2 is 1.67 bits per heavy atom. The van der Waals surface area contributed by atoms with Crippen LogP contribution in [0.2, 0.25) is 0 Å². The summed E-state index contributed by atoms with van der Waals surface area (Å²) in [5.41, 5.74) is 1.17. The van der Waals surface area contributed by atoms with Crippen molar-refractivity contribution in [2.45, 2.75) is 31.2 Å². The molecular formula is C22H29N3O4S. The number of amides is 1. The molecule has 0 aliphatic carbocycles. The minimum Gasteiger partial charge on any atom is -0.484 e. The number of carbonyl (C=O) groups excluding carboxylic acids is 1. The number of anilines is 1. The summed E-state index contributed by atoms with van der Waals surface area (Å²) in [6.07, 6.45) is 0.710. The van der Waals surface area contributed by atoms with Gasteiger partial charge >= 0.3 is 0 Å². The Bertz CT molecular complexity index is 925. The third-order valence-corrected chi connectivity index (χ3v) is 6.82. The maximum Gasteiger partial charge on any atom is 0.260 e. The van der Waals surface area contributed by atoms with Crippen molar-refractivity contribution < 1.29 is 17.9 Å². The highest BCUT2D eigenvalue weighted by atomic mass is 32.2. The summed E-state index contributed by atoms with van der Waals surface area (Å²) < 4.78 is 32.8. The number of piperazine rings is 1. The number of sulfonamides is 1. The molecule has 1 heterocycles. The average molecular weight is 432 g/mol. The molecule has 7 nitrogen and oxygen atoms in total. The Balaban J connectivity index is 1.48. The van der Waals surface area contributed by atoms with E-state index < -0.39 is 10.0 Å². The molecule has 0 bridgehead atoms. The second kappa shape index (κ2) is 9.95. The Kier molecular flexibility index (Phi) is 7.33. The molecule has 3 rings (SSSR count). The van der Waals surface area contributed by atoms with Crippen LogP contribution in [0.4, 0.5) is 5.69 Å². The van der Waals surface area contributed by atoms with Crippen LogP contribution in [0.1, 0.15) is 20.3 Å². The molecule has 162 valence electrons. The Hall–Kier alpha value is -2.58. The first-order valence-corrected chi connectivity index (χ1v) is 11.7. The number of carbonyl (C=O) groups is 1. The van der Waals surface area contributed by atoms with Crippen LogP contribution in [0.25, 0.3) is 0 Å². The normalized spacial score (nSPS) is 15.7. The predicted octanol–water partition coefficient (Wildman–Crippen LogP) is 2.49. The fourth-order valence-corrected chi connectivity index (χ4v) is 4.55. The summed E-state index contributed by atoms with van der Waals surface area (Å²) in [7, 11) is -3.55. The van der Waals surface area contributed by atoms with Gasteiger partial charge in [-0.1, -0.05) is 25.1 Å². The molecule has 2 aromatic rings. The van der Waals surface area contributed by atoms with Gasteiger partial charge in [0.15, 0.2) is 6.61 Å². The first-order chi connectivity index (χ1) is 14.4. The number of hydrogen-bond acceptors (Lipinski definition) is 5. The van der Waals surface area contributed by atoms with Gasteiger partial charge < -0.3 is 14.5 Å². The second-order valence-corrected chi connectivity index (χ2v) is 9.11. The number of hydrogen-bond donors (Lipinski definition) is 1. The van der Waals surface area contributed by atoms with E-state index >= 15 is 0 Å². The van der Waals surface area contributed by atoms with Crippen LogP contribution >= 0.6 is 0 Å². The summed E-state index contributed by atoms with van der Waals surface area (Å²) in [5, 5.41) is 0. The van der Waals surface area contributed by atoms with Crippen LogP contribution in [-0.2, 0) is 14.8 Å². The fourth-order valence-electron chi connectivity index (χ4n) is 3.22. The van der Waals surface area contributed by atoms with E-state index in [1.807, 2.05) is 32.0 Å². The van der Waals surface area contributed by atoms with Gasteiger partial charge in [0.05, 0.1) is 4.90 Å². The third kappa shape index (κ3) is 5.73. The van der Waals surface area contributed by atoms with Gasteiger partial charge in [0.2, 0.25) is 10.0 Å². The quantitative estimate of drug-likeness (QED) is 0.695. The monoisotopic (exact) mass is 431 g/mol. The molecule has 8 heteroatoms. The highest BCUT2D eigenvalue weighted by Crippen LogP contribution is 2.18. The van der Waals surface area contributed by atoms with Crippen molar-refractivity contribution in [3.05, 3.63) is 54.6 Å². The van der Waals surface area contributed by atoms with Gasteiger partial charge in [0.25, 0.3) is 5.91 Å². The van der Waals surface area contributed by atoms with Crippen molar-refractivity contribution >= 4 is 21.6 Å². The summed E-state index contributed by atoms with van der Waals surface area (Å²) in [5.74, 6) is 0.395. The van der Waals surface area contributed by atoms with E-state index in [1.54, 1.807) is 17.0 Å². The molecule has 0 saturated carbocycles. The first kappa shape index (κ1) is 22.1. The summed E-state index contributed by atoms with van der Waals surface area (Å²) in [6.45, 7) is 6.54. The molecule has 1 aliphatic rings. The highest BCUT2D eigenvalue weighted by molar-refractivity contribution is 7.89. The van der Waals surface area contributed by atoms with Crippen LogP contribution in [0.3, 0.4) is 0 Å². The van der Waals surface area contributed by atoms with Gasteiger partial charge in [0.1, 0.15) is 5.75 Å². The van der Waals surface area contributed by atoms with Crippen molar-refractivity contribution in [1.82, 2.24) is 9.62 Å². The van der Waals surface area contributed by atoms with Crippen LogP contribution in [0, 0.1) is 0 Å². The largest absolute Gasteiger partial charge is 0.484 e. The van der Waals surface area contributed by atoms with Crippen LogP contribution in [-0.4, -0.2) is 58.1 Å². The number of ether oxygens (including phenoxy) is 1. The van der Waals surface area contributed by atoms with Crippen LogP contribution < -0.4 is 14.4 Å². The molecule has 0 unspecified atom stereocenters. The molecule has 1 atom stereocenters. The number of rotatable bonds is 8. The third-order valence-electron chi connectivity index (χ3n) is 5.22. The molecule has 0 aromatic heterocycles. The van der Waals surface area contributed by atoms with Gasteiger partial charge in [-0.2, -0.15) is 0 Å². The molecule has 0 spiro atoms. The van der Waals surface area contributed by atoms with E-state index in [0.29, 0.717) is 25.3 Å². The smallest absolute Gasteiger partial charge is 0.260 e. The molecule has 1 N–H and O–H groups in total. The molecular weight excluding hydrogens is 402 g/mol. The Morgan fingerprint density at radius 3 is 2.27 bits per heavy atom. The molecule has 1 fully saturated rings. The van der Waals surface area contributed by atoms with Crippen molar-refractivity contribution in [3.8, 4) is 5.75 Å². The van der Waals surface area contributed by atoms with E-state index in [9.17, 15) is 13.2 Å². The average Bonchev–Trinajstić information content (AvgIpc) is 2.78.